The van der Waals surface area contributed by atoms with Crippen molar-refractivity contribution in [3.63, 3.8) is 0 Å². The lowest BCUT2D eigenvalue weighted by molar-refractivity contribution is 0.0238. The van der Waals surface area contributed by atoms with Gasteiger partial charge in [-0.05, 0) is 61.9 Å². The van der Waals surface area contributed by atoms with Gasteiger partial charge >= 0.3 is 0 Å². The van der Waals surface area contributed by atoms with E-state index >= 15 is 0 Å². The third-order valence-electron chi connectivity index (χ3n) is 6.14. The Kier molecular flexibility index (Phi) is 7.70. The largest absolute Gasteiger partial charge is 0.412 e. The number of benzene rings is 1. The van der Waals surface area contributed by atoms with Gasteiger partial charge in [0.05, 0.1) is 18.3 Å². The van der Waals surface area contributed by atoms with Crippen LogP contribution in [0.1, 0.15) is 38.8 Å². The van der Waals surface area contributed by atoms with Crippen molar-refractivity contribution in [2.45, 2.75) is 83.1 Å². The van der Waals surface area contributed by atoms with E-state index in [1.54, 1.807) is 12.4 Å². The third kappa shape index (κ3) is 5.72. The van der Waals surface area contributed by atoms with Crippen molar-refractivity contribution in [2.24, 2.45) is 0 Å². The molecule has 0 radical (unpaired) electrons. The summed E-state index contributed by atoms with van der Waals surface area (Å²) in [7, 11) is -4.12. The molecule has 2 rings (SSSR count). The fourth-order valence-electron chi connectivity index (χ4n) is 3.61. The molecule has 0 aliphatic carbocycles. The molecule has 1 aromatic carbocycles. The molecule has 0 amide bonds. The smallest absolute Gasteiger partial charge is 0.192 e. The molecule has 0 aliphatic heterocycles. The topological polar surface area (TPSA) is 55.1 Å². The predicted molar refractivity (Wildman–Crippen MR) is 133 cm³/mol. The fraction of sp³-hybridized carbons (Fsp3) is 0.520. The van der Waals surface area contributed by atoms with Crippen LogP contribution in [0.3, 0.4) is 0 Å². The minimum Gasteiger partial charge on any atom is -0.412 e. The van der Waals surface area contributed by atoms with Crippen molar-refractivity contribution in [2.75, 3.05) is 0 Å². The van der Waals surface area contributed by atoms with Crippen LogP contribution in [0.15, 0.2) is 54.9 Å². The van der Waals surface area contributed by atoms with Gasteiger partial charge in [0, 0.05) is 12.4 Å². The van der Waals surface area contributed by atoms with Crippen LogP contribution in [0.4, 0.5) is 0 Å². The van der Waals surface area contributed by atoms with Gasteiger partial charge in [0.2, 0.25) is 0 Å². The molecular formula is C25H38N2O2Si2. The quantitative estimate of drug-likeness (QED) is 0.426. The van der Waals surface area contributed by atoms with Crippen molar-refractivity contribution in [1.29, 1.82) is 5.26 Å². The lowest BCUT2D eigenvalue weighted by Crippen LogP contribution is -2.56. The summed E-state index contributed by atoms with van der Waals surface area (Å²) >= 11 is 0. The molecule has 1 heterocycles. The molecular weight excluding hydrogens is 416 g/mol. The maximum Gasteiger partial charge on any atom is 0.192 e. The van der Waals surface area contributed by atoms with Crippen LogP contribution < -0.4 is 0 Å². The van der Waals surface area contributed by atoms with Crippen LogP contribution in [0.25, 0.3) is 0 Å². The third-order valence-corrected chi connectivity index (χ3v) is 11.7. The lowest BCUT2D eigenvalue weighted by atomic mass is 9.70. The average Bonchev–Trinajstić information content (AvgIpc) is 2.68. The summed E-state index contributed by atoms with van der Waals surface area (Å²) < 4.78 is 13.6. The van der Waals surface area contributed by atoms with Crippen molar-refractivity contribution in [3.05, 3.63) is 66.0 Å². The molecule has 2 aromatic rings. The van der Waals surface area contributed by atoms with Crippen molar-refractivity contribution in [1.82, 2.24) is 4.98 Å². The van der Waals surface area contributed by atoms with Gasteiger partial charge < -0.3 is 8.85 Å². The molecule has 3 atom stereocenters. The SMILES string of the molecule is C[C@H](O[Si](C)(C)C(C)(C)C)[C@@H](O[Si](C)(C)C)[C@](C#N)(c1ccccc1)c1cccnc1. The summed E-state index contributed by atoms with van der Waals surface area (Å²) in [5.41, 5.74) is 0.703. The Morgan fingerprint density at radius 2 is 1.48 bits per heavy atom. The zero-order chi connectivity index (χ0) is 23.5. The van der Waals surface area contributed by atoms with Gasteiger partial charge in [-0.25, -0.2) is 0 Å². The summed E-state index contributed by atoms with van der Waals surface area (Å²) in [6.45, 7) is 19.7. The van der Waals surface area contributed by atoms with Crippen LogP contribution >= 0.6 is 0 Å². The standard InChI is InChI=1S/C25H38N2O2Si2/c1-20(28-31(8,9)24(2,3)4)23(29-30(5,6)7)25(19-26,21-14-11-10-12-15-21)22-16-13-17-27-18-22/h10-18,20,23H,1-9H3/t20-,23+,25+/m0/s1. The molecule has 4 nitrogen and oxygen atoms in total. The van der Waals surface area contributed by atoms with Crippen molar-refractivity contribution >= 4 is 16.6 Å². The first-order valence-electron chi connectivity index (χ1n) is 11.0. The van der Waals surface area contributed by atoms with Crippen LogP contribution in [0, 0.1) is 11.3 Å². The minimum absolute atomic E-state index is 0.0569. The van der Waals surface area contributed by atoms with E-state index in [1.165, 1.54) is 0 Å². The molecule has 6 heteroatoms. The first-order valence-corrected chi connectivity index (χ1v) is 17.3. The van der Waals surface area contributed by atoms with Crippen molar-refractivity contribution in [3.8, 4) is 6.07 Å². The highest BCUT2D eigenvalue weighted by Crippen LogP contribution is 2.43. The molecule has 31 heavy (non-hydrogen) atoms. The van der Waals surface area contributed by atoms with Crippen LogP contribution in [0.2, 0.25) is 37.8 Å². The molecule has 0 N–H and O–H groups in total. The maximum atomic E-state index is 10.8. The Hall–Kier alpha value is -1.79. The molecule has 0 spiro atoms. The van der Waals surface area contributed by atoms with Crippen molar-refractivity contribution < 1.29 is 8.85 Å². The summed E-state index contributed by atoms with van der Waals surface area (Å²) in [5.74, 6) is 0. The van der Waals surface area contributed by atoms with E-state index in [0.717, 1.165) is 11.1 Å². The number of hydrogen-bond donors (Lipinski definition) is 0. The highest BCUT2D eigenvalue weighted by atomic mass is 28.4. The molecule has 1 aromatic heterocycles. The molecule has 0 saturated carbocycles. The summed E-state index contributed by atoms with van der Waals surface area (Å²) in [4.78, 5) is 4.35. The summed E-state index contributed by atoms with van der Waals surface area (Å²) in [5, 5.41) is 10.8. The first-order chi connectivity index (χ1) is 14.2. The van der Waals surface area contributed by atoms with Crippen LogP contribution in [-0.2, 0) is 14.3 Å². The Morgan fingerprint density at radius 3 is 1.94 bits per heavy atom. The molecule has 0 aliphatic rings. The molecule has 0 bridgehead atoms. The number of rotatable bonds is 8. The predicted octanol–water partition coefficient (Wildman–Crippen LogP) is 6.52. The Bertz CT molecular complexity index is 842. The van der Waals surface area contributed by atoms with E-state index in [2.05, 4.69) is 71.5 Å². The number of pyridine rings is 1. The lowest BCUT2D eigenvalue weighted by Gasteiger charge is -2.46. The first kappa shape index (κ1) is 25.5. The molecule has 168 valence electrons. The Morgan fingerprint density at radius 1 is 0.903 bits per heavy atom. The number of hydrogen-bond acceptors (Lipinski definition) is 4. The molecule has 0 saturated heterocycles. The normalized spacial score (nSPS) is 16.8. The van der Waals surface area contributed by atoms with E-state index < -0.39 is 28.2 Å². The van der Waals surface area contributed by atoms with Gasteiger partial charge in [-0.3, -0.25) is 4.98 Å². The van der Waals surface area contributed by atoms with E-state index in [-0.39, 0.29) is 11.1 Å². The zero-order valence-corrected chi connectivity index (χ0v) is 22.6. The average molecular weight is 455 g/mol. The van der Waals surface area contributed by atoms with E-state index in [4.69, 9.17) is 8.85 Å². The highest BCUT2D eigenvalue weighted by Gasteiger charge is 2.50. The van der Waals surface area contributed by atoms with E-state index in [9.17, 15) is 5.26 Å². The monoisotopic (exact) mass is 454 g/mol. The minimum atomic E-state index is -2.09. The van der Waals surface area contributed by atoms with Gasteiger partial charge in [0.15, 0.2) is 16.6 Å². The Balaban J connectivity index is 2.73. The second-order valence-electron chi connectivity index (χ2n) is 10.8. The Labute approximate surface area is 190 Å². The second-order valence-corrected chi connectivity index (χ2v) is 20.0. The zero-order valence-electron chi connectivity index (χ0n) is 20.6. The molecule has 0 fully saturated rings. The van der Waals surface area contributed by atoms with Crippen LogP contribution in [0.5, 0.6) is 0 Å². The van der Waals surface area contributed by atoms with Gasteiger partial charge in [-0.2, -0.15) is 5.26 Å². The number of nitriles is 1. The van der Waals surface area contributed by atoms with Gasteiger partial charge in [0.25, 0.3) is 0 Å². The van der Waals surface area contributed by atoms with Gasteiger partial charge in [-0.15, -0.1) is 0 Å². The fourth-order valence-corrected chi connectivity index (χ4v) is 6.14. The van der Waals surface area contributed by atoms with Gasteiger partial charge in [0.1, 0.15) is 5.41 Å². The maximum absolute atomic E-state index is 10.8. The van der Waals surface area contributed by atoms with Gasteiger partial charge in [-0.1, -0.05) is 57.2 Å². The summed E-state index contributed by atoms with van der Waals surface area (Å²) in [6.07, 6.45) is 2.79. The second kappa shape index (κ2) is 9.37. The van der Waals surface area contributed by atoms with E-state index in [0.29, 0.717) is 0 Å². The van der Waals surface area contributed by atoms with Crippen LogP contribution in [-0.4, -0.2) is 33.8 Å². The molecule has 0 unspecified atom stereocenters. The number of nitrogens with zero attached hydrogens (tertiary/aromatic N) is 2. The summed E-state index contributed by atoms with van der Waals surface area (Å²) in [6, 6.07) is 16.5. The highest BCUT2D eigenvalue weighted by molar-refractivity contribution is 6.74. The number of aromatic nitrogens is 1. The van der Waals surface area contributed by atoms with E-state index in [1.807, 2.05) is 42.5 Å².